The van der Waals surface area contributed by atoms with Gasteiger partial charge in [-0.1, -0.05) is 11.6 Å². The van der Waals surface area contributed by atoms with Crippen LogP contribution >= 0.6 is 0 Å². The van der Waals surface area contributed by atoms with Crippen molar-refractivity contribution in [3.05, 3.63) is 35.1 Å². The summed E-state index contributed by atoms with van der Waals surface area (Å²) in [4.78, 5) is 10.8. The number of carbonyl (C=O) groups excluding carboxylic acids is 1. The highest BCUT2D eigenvalue weighted by atomic mass is 19.1. The summed E-state index contributed by atoms with van der Waals surface area (Å²) in [5, 5.41) is 0. The van der Waals surface area contributed by atoms with Gasteiger partial charge in [-0.2, -0.15) is 0 Å². The zero-order valence-corrected chi connectivity index (χ0v) is 6.60. The van der Waals surface area contributed by atoms with Crippen LogP contribution in [0, 0.1) is 12.7 Å². The Morgan fingerprint density at radius 1 is 1.50 bits per heavy atom. The van der Waals surface area contributed by atoms with Crippen LogP contribution in [0.2, 0.25) is 0 Å². The SMILES string of the molecule is Cc1ccc(F)c(C(=O)CF)c1. The Hall–Kier alpha value is -1.25. The Bertz CT molecular complexity index is 307. The van der Waals surface area contributed by atoms with Crippen molar-refractivity contribution in [3.8, 4) is 0 Å². The molecule has 0 amide bonds. The van der Waals surface area contributed by atoms with Gasteiger partial charge in [0.1, 0.15) is 5.82 Å². The predicted molar refractivity (Wildman–Crippen MR) is 41.4 cm³/mol. The normalized spacial score (nSPS) is 9.92. The number of carbonyl (C=O) groups is 1. The lowest BCUT2D eigenvalue weighted by Crippen LogP contribution is -2.04. The van der Waals surface area contributed by atoms with Gasteiger partial charge in [-0.3, -0.25) is 4.79 Å². The Kier molecular flexibility index (Phi) is 2.53. The summed E-state index contributed by atoms with van der Waals surface area (Å²) in [7, 11) is 0. The summed E-state index contributed by atoms with van der Waals surface area (Å²) in [5.41, 5.74) is 0.575. The third kappa shape index (κ3) is 1.67. The average Bonchev–Trinajstić information content (AvgIpc) is 2.08. The molecule has 0 aliphatic carbocycles. The molecule has 0 aromatic heterocycles. The molecule has 1 rings (SSSR count). The summed E-state index contributed by atoms with van der Waals surface area (Å²) >= 11 is 0. The number of hydrogen-bond acceptors (Lipinski definition) is 1. The Balaban J connectivity index is 3.13. The summed E-state index contributed by atoms with van der Waals surface area (Å²) in [5.74, 6) is -1.47. The van der Waals surface area contributed by atoms with E-state index in [4.69, 9.17) is 0 Å². The molecule has 12 heavy (non-hydrogen) atoms. The highest BCUT2D eigenvalue weighted by Crippen LogP contribution is 2.10. The van der Waals surface area contributed by atoms with E-state index in [2.05, 4.69) is 0 Å². The van der Waals surface area contributed by atoms with Crippen LogP contribution in [0.3, 0.4) is 0 Å². The van der Waals surface area contributed by atoms with Crippen LogP contribution in [0.4, 0.5) is 8.78 Å². The fourth-order valence-corrected chi connectivity index (χ4v) is 0.925. The molecule has 0 spiro atoms. The van der Waals surface area contributed by atoms with Crippen molar-refractivity contribution in [2.24, 2.45) is 0 Å². The minimum atomic E-state index is -1.15. The van der Waals surface area contributed by atoms with Gasteiger partial charge in [0.15, 0.2) is 12.5 Å². The zero-order chi connectivity index (χ0) is 9.14. The highest BCUT2D eigenvalue weighted by Gasteiger charge is 2.10. The van der Waals surface area contributed by atoms with E-state index in [1.165, 1.54) is 12.1 Å². The van der Waals surface area contributed by atoms with Gasteiger partial charge in [0.2, 0.25) is 0 Å². The molecule has 3 heteroatoms. The highest BCUT2D eigenvalue weighted by molar-refractivity contribution is 5.97. The molecule has 1 aromatic carbocycles. The van der Waals surface area contributed by atoms with Crippen molar-refractivity contribution in [2.75, 3.05) is 6.67 Å². The van der Waals surface area contributed by atoms with Gasteiger partial charge in [0.05, 0.1) is 5.56 Å². The second-order valence-corrected chi connectivity index (χ2v) is 2.54. The van der Waals surface area contributed by atoms with Gasteiger partial charge >= 0.3 is 0 Å². The van der Waals surface area contributed by atoms with E-state index in [9.17, 15) is 13.6 Å². The first-order valence-corrected chi connectivity index (χ1v) is 3.50. The largest absolute Gasteiger partial charge is 0.291 e. The van der Waals surface area contributed by atoms with E-state index in [1.54, 1.807) is 6.92 Å². The topological polar surface area (TPSA) is 17.1 Å². The van der Waals surface area contributed by atoms with E-state index in [1.807, 2.05) is 0 Å². The molecule has 0 N–H and O–H groups in total. The molecular weight excluding hydrogens is 162 g/mol. The van der Waals surface area contributed by atoms with Crippen LogP contribution in [0.1, 0.15) is 15.9 Å². The molecule has 0 saturated carbocycles. The molecule has 0 saturated heterocycles. The van der Waals surface area contributed by atoms with Crippen molar-refractivity contribution < 1.29 is 13.6 Å². The standard InChI is InChI=1S/C9H8F2O/c1-6-2-3-8(11)7(4-6)9(12)5-10/h2-4H,5H2,1H3. The minimum absolute atomic E-state index is 0.169. The molecule has 1 nitrogen and oxygen atoms in total. The Morgan fingerprint density at radius 2 is 2.17 bits per heavy atom. The van der Waals surface area contributed by atoms with E-state index < -0.39 is 18.3 Å². The van der Waals surface area contributed by atoms with Crippen LogP contribution in [-0.2, 0) is 0 Å². The van der Waals surface area contributed by atoms with Crippen LogP contribution in [0.25, 0.3) is 0 Å². The molecule has 0 bridgehead atoms. The first-order chi connectivity index (χ1) is 5.65. The number of Topliss-reactive ketones (excluding diaryl/α,β-unsaturated/α-hetero) is 1. The monoisotopic (exact) mass is 170 g/mol. The molecular formula is C9H8F2O. The van der Waals surface area contributed by atoms with E-state index in [-0.39, 0.29) is 5.56 Å². The summed E-state index contributed by atoms with van der Waals surface area (Å²) < 4.78 is 24.7. The summed E-state index contributed by atoms with van der Waals surface area (Å²) in [6.45, 7) is 0.564. The van der Waals surface area contributed by atoms with Crippen molar-refractivity contribution in [1.29, 1.82) is 0 Å². The first-order valence-electron chi connectivity index (χ1n) is 3.50. The second kappa shape index (κ2) is 3.43. The molecule has 0 fully saturated rings. The van der Waals surface area contributed by atoms with Crippen molar-refractivity contribution in [3.63, 3.8) is 0 Å². The number of ketones is 1. The number of benzene rings is 1. The van der Waals surface area contributed by atoms with Crippen LogP contribution in [0.15, 0.2) is 18.2 Å². The molecule has 0 aliphatic rings. The van der Waals surface area contributed by atoms with Gasteiger partial charge in [-0.15, -0.1) is 0 Å². The number of hydrogen-bond donors (Lipinski definition) is 0. The Morgan fingerprint density at radius 3 is 2.75 bits per heavy atom. The molecule has 64 valence electrons. The molecule has 0 radical (unpaired) electrons. The fraction of sp³-hybridized carbons (Fsp3) is 0.222. The van der Waals surface area contributed by atoms with Crippen molar-refractivity contribution in [2.45, 2.75) is 6.92 Å². The lowest BCUT2D eigenvalue weighted by atomic mass is 10.1. The second-order valence-electron chi connectivity index (χ2n) is 2.54. The third-order valence-corrected chi connectivity index (χ3v) is 1.54. The van der Waals surface area contributed by atoms with E-state index >= 15 is 0 Å². The van der Waals surface area contributed by atoms with E-state index in [0.717, 1.165) is 11.6 Å². The van der Waals surface area contributed by atoms with Gasteiger partial charge in [-0.05, 0) is 19.1 Å². The lowest BCUT2D eigenvalue weighted by Gasteiger charge is -1.99. The molecule has 1 aromatic rings. The maximum Gasteiger partial charge on any atom is 0.196 e. The number of alkyl halides is 1. The Labute approximate surface area is 69.0 Å². The van der Waals surface area contributed by atoms with Gasteiger partial charge in [0.25, 0.3) is 0 Å². The summed E-state index contributed by atoms with van der Waals surface area (Å²) in [6.07, 6.45) is 0. The van der Waals surface area contributed by atoms with Crippen molar-refractivity contribution in [1.82, 2.24) is 0 Å². The maximum atomic E-state index is 12.8. The first kappa shape index (κ1) is 8.84. The molecule has 0 atom stereocenters. The quantitative estimate of drug-likeness (QED) is 0.622. The third-order valence-electron chi connectivity index (χ3n) is 1.54. The average molecular weight is 170 g/mol. The molecule has 0 aliphatic heterocycles. The smallest absolute Gasteiger partial charge is 0.196 e. The van der Waals surface area contributed by atoms with Gasteiger partial charge in [-0.25, -0.2) is 8.78 Å². The predicted octanol–water partition coefficient (Wildman–Crippen LogP) is 2.29. The van der Waals surface area contributed by atoms with Gasteiger partial charge < -0.3 is 0 Å². The molecule has 0 heterocycles. The van der Waals surface area contributed by atoms with Crippen LogP contribution < -0.4 is 0 Å². The van der Waals surface area contributed by atoms with Crippen molar-refractivity contribution >= 4 is 5.78 Å². The molecule has 0 unspecified atom stereocenters. The minimum Gasteiger partial charge on any atom is -0.291 e. The van der Waals surface area contributed by atoms with E-state index in [0.29, 0.717) is 0 Å². The van der Waals surface area contributed by atoms with Crippen LogP contribution in [-0.4, -0.2) is 12.5 Å². The van der Waals surface area contributed by atoms with Crippen LogP contribution in [0.5, 0.6) is 0 Å². The number of halogens is 2. The number of rotatable bonds is 2. The summed E-state index contributed by atoms with van der Waals surface area (Å²) in [6, 6.07) is 4.04. The lowest BCUT2D eigenvalue weighted by molar-refractivity contribution is 0.0954. The fourth-order valence-electron chi connectivity index (χ4n) is 0.925. The number of aryl methyl sites for hydroxylation is 1. The maximum absolute atomic E-state index is 12.8. The zero-order valence-electron chi connectivity index (χ0n) is 6.60. The van der Waals surface area contributed by atoms with Gasteiger partial charge in [0, 0.05) is 0 Å².